The predicted octanol–water partition coefficient (Wildman–Crippen LogP) is -0.0691. The second kappa shape index (κ2) is 21.3. The van der Waals surface area contributed by atoms with Gasteiger partial charge in [-0.2, -0.15) is 4.33 Å². The van der Waals surface area contributed by atoms with Crippen LogP contribution in [0.5, 0.6) is 0 Å². The molecule has 2 heterocycles. The first-order chi connectivity index (χ1) is 28.7. The third kappa shape index (κ3) is 12.4. The summed E-state index contributed by atoms with van der Waals surface area (Å²) in [5.74, 6) is -6.41. The highest BCUT2D eigenvalue weighted by molar-refractivity contribution is 7.94. The van der Waals surface area contributed by atoms with Crippen molar-refractivity contribution in [1.29, 1.82) is 0 Å². The van der Waals surface area contributed by atoms with Crippen molar-refractivity contribution >= 4 is 80.5 Å². The van der Waals surface area contributed by atoms with Crippen LogP contribution in [0.2, 0.25) is 0 Å². The van der Waals surface area contributed by atoms with Gasteiger partial charge in [-0.1, -0.05) is 24.3 Å². The van der Waals surface area contributed by atoms with E-state index in [0.29, 0.717) is 58.8 Å². The molecule has 22 heteroatoms. The molecule has 1 aromatic carbocycles. The molecule has 0 N–H and O–H groups in total. The topological polar surface area (TPSA) is 272 Å². The predicted molar refractivity (Wildman–Crippen MR) is 202 cm³/mol. The van der Waals surface area contributed by atoms with Crippen molar-refractivity contribution in [3.05, 3.63) is 59.9 Å². The minimum atomic E-state index is -4.49. The Kier molecular flexibility index (Phi) is 16.3. The molecule has 0 saturated carbocycles. The zero-order chi connectivity index (χ0) is 43.4. The summed E-state index contributed by atoms with van der Waals surface area (Å²) in [7, 11) is -4.49. The van der Waals surface area contributed by atoms with Crippen molar-refractivity contribution in [3.8, 4) is 0 Å². The molecule has 20 nitrogen and oxygen atoms in total. The molecule has 0 spiro atoms. The summed E-state index contributed by atoms with van der Waals surface area (Å²) < 4.78 is 39.8. The van der Waals surface area contributed by atoms with E-state index >= 15 is 0 Å². The lowest BCUT2D eigenvalue weighted by molar-refractivity contribution is -0.777. The van der Waals surface area contributed by atoms with Crippen LogP contribution < -0.4 is 15.3 Å². The van der Waals surface area contributed by atoms with E-state index < -0.39 is 63.3 Å². The third-order valence-corrected chi connectivity index (χ3v) is 11.3. The average Bonchev–Trinajstić information content (AvgIpc) is 3.70. The van der Waals surface area contributed by atoms with Crippen molar-refractivity contribution in [2.45, 2.75) is 64.2 Å². The standard InChI is InChI=1S/C38H44N4O16S2/c43-29-15-16-30(44)41(29)55-33(47)5-1-19-39(21-3-23-59-58-57-51)27-11-7-25(8-12-27)35-37(49)36(38(35)50)26-9-13-28(14-10-26)40(22-4-24-60(52,53)54)20-2-6-34(48)56-42-31(45)17-18-32(42)46/h7-14,26,36H,1-6,15-24H2,(H2-,49,50,51,52,53,54)/p-2. The minimum absolute atomic E-state index is 0.0119. The Morgan fingerprint density at radius 3 is 1.87 bits per heavy atom. The molecular weight excluding hydrogens is 833 g/mol. The van der Waals surface area contributed by atoms with Crippen LogP contribution >= 0.6 is 12.0 Å². The van der Waals surface area contributed by atoms with Gasteiger partial charge in [0, 0.05) is 117 Å². The number of Topliss-reactive ketones (excluding diaryl/α,β-unsaturated/α-hetero) is 1. The smallest absolute Gasteiger partial charge is 0.333 e. The van der Waals surface area contributed by atoms with Crippen molar-refractivity contribution in [2.75, 3.05) is 42.6 Å². The van der Waals surface area contributed by atoms with Gasteiger partial charge in [0.15, 0.2) is 11.5 Å². The number of anilines is 1. The van der Waals surface area contributed by atoms with Crippen LogP contribution in [0.25, 0.3) is 5.57 Å². The molecule has 2 fully saturated rings. The van der Waals surface area contributed by atoms with Gasteiger partial charge in [-0.25, -0.2) is 22.6 Å². The van der Waals surface area contributed by atoms with E-state index in [1.54, 1.807) is 53.1 Å². The Hall–Kier alpha value is -5.26. The molecule has 2 saturated heterocycles. The highest BCUT2D eigenvalue weighted by atomic mass is 32.2. The maximum atomic E-state index is 13.4. The number of allylic oxidation sites excluding steroid dienone is 6. The summed E-state index contributed by atoms with van der Waals surface area (Å²) in [5, 5.41) is 27.9. The molecule has 1 unspecified atom stereocenters. The molecule has 1 atom stereocenters. The van der Waals surface area contributed by atoms with Gasteiger partial charge >= 0.3 is 11.9 Å². The highest BCUT2D eigenvalue weighted by Crippen LogP contribution is 2.41. The largest absolute Gasteiger partial charge is 0.874 e. The van der Waals surface area contributed by atoms with E-state index in [-0.39, 0.29) is 81.6 Å². The molecular formula is C38H42N4O16S2-2. The number of amides is 4. The van der Waals surface area contributed by atoms with Gasteiger partial charge in [-0.05, 0) is 30.5 Å². The van der Waals surface area contributed by atoms with Crippen molar-refractivity contribution in [1.82, 2.24) is 10.1 Å². The van der Waals surface area contributed by atoms with Crippen LogP contribution in [0.15, 0.2) is 54.3 Å². The van der Waals surface area contributed by atoms with Gasteiger partial charge in [0.1, 0.15) is 13.1 Å². The van der Waals surface area contributed by atoms with Gasteiger partial charge in [0.2, 0.25) is 0 Å². The SMILES string of the molecule is O=C(CCCN(CCCSOO[O-])c1ccc(C2=C([O-])C(C3C=CC(=[N+](CCCC(=O)ON4C(=O)CCC4=O)CCCS(=O)(=O)[O-])C=C3)C2=O)cc1)ON1C(=O)CCC1=O. The Morgan fingerprint density at radius 1 is 0.800 bits per heavy atom. The summed E-state index contributed by atoms with van der Waals surface area (Å²) in [6.45, 7) is 1.13. The van der Waals surface area contributed by atoms with Crippen molar-refractivity contribution in [2.24, 2.45) is 11.8 Å². The normalized spacial score (nSPS) is 19.1. The number of ketones is 1. The highest BCUT2D eigenvalue weighted by Gasteiger charge is 2.39. The molecule has 0 bridgehead atoms. The lowest BCUT2D eigenvalue weighted by atomic mass is 9.71. The number of rotatable bonds is 23. The Labute approximate surface area is 348 Å². The number of hydrogen-bond acceptors (Lipinski definition) is 18. The molecule has 2 aliphatic carbocycles. The van der Waals surface area contributed by atoms with E-state index in [4.69, 9.17) is 9.68 Å². The summed E-state index contributed by atoms with van der Waals surface area (Å²) in [6, 6.07) is 6.72. The quantitative estimate of drug-likeness (QED) is 0.0265. The van der Waals surface area contributed by atoms with Crippen molar-refractivity contribution in [3.63, 3.8) is 0 Å². The molecule has 4 aliphatic rings. The third-order valence-electron chi connectivity index (χ3n) is 9.88. The lowest BCUT2D eigenvalue weighted by Crippen LogP contribution is -2.41. The van der Waals surface area contributed by atoms with E-state index in [9.17, 15) is 56.9 Å². The number of hydrogen-bond donors (Lipinski definition) is 0. The lowest BCUT2D eigenvalue weighted by Gasteiger charge is -2.40. The Bertz CT molecular complexity index is 2030. The molecule has 0 radical (unpaired) electrons. The van der Waals surface area contributed by atoms with E-state index in [1.165, 1.54) is 0 Å². The Balaban J connectivity index is 1.20. The molecule has 4 amide bonds. The van der Waals surface area contributed by atoms with E-state index in [0.717, 1.165) is 12.0 Å². The molecule has 324 valence electrons. The zero-order valence-corrected chi connectivity index (χ0v) is 33.9. The van der Waals surface area contributed by atoms with Gasteiger partial charge in [-0.15, -0.1) is 15.9 Å². The summed E-state index contributed by atoms with van der Waals surface area (Å²) in [4.78, 5) is 97.0. The fraction of sp³-hybridized carbons (Fsp3) is 0.474. The second-order valence-corrected chi connectivity index (χ2v) is 16.4. The molecule has 0 aromatic heterocycles. The maximum absolute atomic E-state index is 13.4. The second-order valence-electron chi connectivity index (χ2n) is 14.0. The van der Waals surface area contributed by atoms with Crippen LogP contribution in [0.3, 0.4) is 0 Å². The van der Waals surface area contributed by atoms with Crippen LogP contribution in [-0.2, 0) is 62.7 Å². The summed E-state index contributed by atoms with van der Waals surface area (Å²) in [6.07, 6.45) is 7.29. The van der Waals surface area contributed by atoms with Crippen LogP contribution in [0.1, 0.15) is 69.8 Å². The summed E-state index contributed by atoms with van der Waals surface area (Å²) >= 11 is 0.819. The number of imide groups is 2. The molecule has 60 heavy (non-hydrogen) atoms. The fourth-order valence-electron chi connectivity index (χ4n) is 6.90. The number of hydroxylamine groups is 4. The van der Waals surface area contributed by atoms with Crippen LogP contribution in [-0.4, -0.2) is 112 Å². The van der Waals surface area contributed by atoms with E-state index in [1.807, 2.05) is 4.90 Å². The number of carbonyl (C=O) groups excluding carboxylic acids is 7. The van der Waals surface area contributed by atoms with Gasteiger partial charge in [0.25, 0.3) is 23.6 Å². The van der Waals surface area contributed by atoms with Gasteiger partial charge < -0.3 is 29.5 Å². The molecule has 2 aliphatic heterocycles. The Morgan fingerprint density at radius 2 is 1.33 bits per heavy atom. The van der Waals surface area contributed by atoms with Crippen molar-refractivity contribution < 1.29 is 80.5 Å². The minimum Gasteiger partial charge on any atom is -0.874 e. The van der Waals surface area contributed by atoms with Gasteiger partial charge in [-0.3, -0.25) is 29.0 Å². The van der Waals surface area contributed by atoms with Crippen LogP contribution in [0, 0.1) is 11.8 Å². The first-order valence-corrected chi connectivity index (χ1v) is 21.6. The monoisotopic (exact) mass is 874 g/mol. The first-order valence-electron chi connectivity index (χ1n) is 19.1. The molecule has 5 rings (SSSR count). The average molecular weight is 875 g/mol. The molecule has 1 aromatic rings. The first kappa shape index (κ1) is 45.8. The van der Waals surface area contributed by atoms with Crippen LogP contribution in [0.4, 0.5) is 5.69 Å². The number of nitrogens with zero attached hydrogens (tertiary/aromatic N) is 4. The number of carbonyl (C=O) groups is 7. The maximum Gasteiger partial charge on any atom is 0.333 e. The number of benzene rings is 1. The van der Waals surface area contributed by atoms with Gasteiger partial charge in [0.05, 0.1) is 16.5 Å². The van der Waals surface area contributed by atoms with E-state index in [2.05, 4.69) is 9.37 Å². The summed E-state index contributed by atoms with van der Waals surface area (Å²) in [5.41, 5.74) is 1.73. The zero-order valence-electron chi connectivity index (χ0n) is 32.2. The fourth-order valence-corrected chi connectivity index (χ4v) is 7.74.